The van der Waals surface area contributed by atoms with Gasteiger partial charge in [-0.3, -0.25) is 9.59 Å². The van der Waals surface area contributed by atoms with Gasteiger partial charge in [0.2, 0.25) is 11.8 Å². The van der Waals surface area contributed by atoms with E-state index in [0.29, 0.717) is 17.2 Å². The Morgan fingerprint density at radius 3 is 2.88 bits per heavy atom. The molecule has 3 heterocycles. The Bertz CT molecular complexity index is 722. The highest BCUT2D eigenvalue weighted by atomic mass is 35.5. The average Bonchev–Trinajstić information content (AvgIpc) is 3.26. The van der Waals surface area contributed by atoms with Crippen molar-refractivity contribution in [1.82, 2.24) is 4.90 Å². The minimum absolute atomic E-state index is 0.0820. The Hall–Kier alpha value is -1.40. The summed E-state index contributed by atoms with van der Waals surface area (Å²) in [5, 5.41) is 3.65. The van der Waals surface area contributed by atoms with Gasteiger partial charge >= 0.3 is 0 Å². The second-order valence-electron chi connectivity index (χ2n) is 7.11. The Morgan fingerprint density at radius 2 is 2.12 bits per heavy atom. The van der Waals surface area contributed by atoms with Crippen LogP contribution in [-0.2, 0) is 9.59 Å². The van der Waals surface area contributed by atoms with Crippen LogP contribution in [0.2, 0.25) is 5.02 Å². The van der Waals surface area contributed by atoms with Crippen LogP contribution >= 0.6 is 23.4 Å². The number of rotatable bonds is 3. The molecule has 0 aromatic heterocycles. The molecule has 7 heteroatoms. The zero-order valence-corrected chi connectivity index (χ0v) is 15.8. The number of hydrogen-bond acceptors (Lipinski definition) is 4. The summed E-state index contributed by atoms with van der Waals surface area (Å²) in [7, 11) is 0. The number of nitrogens with zero attached hydrogens (tertiary/aromatic N) is 2. The molecular formula is C18H22ClN3O2S. The number of carbonyl (C=O) groups excluding carboxylic acids is 2. The first-order valence-corrected chi connectivity index (χ1v) is 10.2. The van der Waals surface area contributed by atoms with Crippen molar-refractivity contribution in [2.45, 2.75) is 43.5 Å². The molecule has 0 bridgehead atoms. The molecule has 1 N–H and O–H groups in total. The maximum atomic E-state index is 12.9. The minimum Gasteiger partial charge on any atom is -0.370 e. The first-order chi connectivity index (χ1) is 12.0. The molecule has 1 aromatic rings. The maximum Gasteiger partial charge on any atom is 0.248 e. The zero-order chi connectivity index (χ0) is 17.6. The predicted molar refractivity (Wildman–Crippen MR) is 102 cm³/mol. The molecule has 4 rings (SSSR count). The molecule has 134 valence electrons. The number of amides is 2. The summed E-state index contributed by atoms with van der Waals surface area (Å²) < 4.78 is 0. The molecule has 25 heavy (non-hydrogen) atoms. The van der Waals surface area contributed by atoms with E-state index < -0.39 is 6.04 Å². The van der Waals surface area contributed by atoms with Crippen LogP contribution in [0.4, 0.5) is 11.4 Å². The lowest BCUT2D eigenvalue weighted by atomic mass is 10.2. The summed E-state index contributed by atoms with van der Waals surface area (Å²) in [4.78, 5) is 29.0. The van der Waals surface area contributed by atoms with E-state index in [0.717, 1.165) is 43.7 Å². The number of nitrogens with one attached hydrogen (secondary N) is 1. The standard InChI is InChI=1S/C18H22ClN3O2S/c1-18-7-6-16(23)22(18)15(11-25-18)17(24)20-13-10-12(19)4-5-14(13)21-8-2-3-9-21/h4-5,10,15H,2-3,6-9,11H2,1H3,(H,20,24)/t15-,18-/m0/s1. The second-order valence-corrected chi connectivity index (χ2v) is 9.05. The number of carbonyl (C=O) groups is 2. The van der Waals surface area contributed by atoms with Gasteiger partial charge < -0.3 is 15.1 Å². The molecule has 3 fully saturated rings. The van der Waals surface area contributed by atoms with Gasteiger partial charge in [0.05, 0.1) is 16.2 Å². The largest absolute Gasteiger partial charge is 0.370 e. The third kappa shape index (κ3) is 2.99. The fourth-order valence-electron chi connectivity index (χ4n) is 4.07. The van der Waals surface area contributed by atoms with E-state index in [9.17, 15) is 9.59 Å². The molecule has 0 unspecified atom stereocenters. The lowest BCUT2D eigenvalue weighted by Crippen LogP contribution is -2.48. The van der Waals surface area contributed by atoms with Gasteiger partial charge in [0.25, 0.3) is 0 Å². The van der Waals surface area contributed by atoms with E-state index in [-0.39, 0.29) is 16.7 Å². The van der Waals surface area contributed by atoms with Crippen molar-refractivity contribution >= 4 is 46.6 Å². The number of fused-ring (bicyclic) bond motifs is 1. The number of thioether (sulfide) groups is 1. The summed E-state index contributed by atoms with van der Waals surface area (Å²) in [6.07, 6.45) is 3.67. The maximum absolute atomic E-state index is 12.9. The fourth-order valence-corrected chi connectivity index (χ4v) is 5.68. The Labute approximate surface area is 157 Å². The van der Waals surface area contributed by atoms with E-state index in [1.165, 1.54) is 0 Å². The number of halogens is 1. The highest BCUT2D eigenvalue weighted by Gasteiger charge is 2.52. The first kappa shape index (κ1) is 17.0. The van der Waals surface area contributed by atoms with Gasteiger partial charge in [0.1, 0.15) is 6.04 Å². The number of anilines is 2. The fraction of sp³-hybridized carbons (Fsp3) is 0.556. The summed E-state index contributed by atoms with van der Waals surface area (Å²) >= 11 is 7.87. The van der Waals surface area contributed by atoms with Crippen LogP contribution in [0.1, 0.15) is 32.6 Å². The van der Waals surface area contributed by atoms with Crippen LogP contribution in [0.5, 0.6) is 0 Å². The van der Waals surface area contributed by atoms with Crippen molar-refractivity contribution in [3.63, 3.8) is 0 Å². The van der Waals surface area contributed by atoms with E-state index in [1.807, 2.05) is 12.1 Å². The second kappa shape index (κ2) is 6.40. The van der Waals surface area contributed by atoms with Crippen LogP contribution in [0.15, 0.2) is 18.2 Å². The van der Waals surface area contributed by atoms with Gasteiger partial charge in [-0.1, -0.05) is 11.6 Å². The van der Waals surface area contributed by atoms with Gasteiger partial charge in [0.15, 0.2) is 0 Å². The lowest BCUT2D eigenvalue weighted by molar-refractivity contribution is -0.135. The monoisotopic (exact) mass is 379 g/mol. The van der Waals surface area contributed by atoms with Gasteiger partial charge in [-0.15, -0.1) is 11.8 Å². The molecular weight excluding hydrogens is 358 g/mol. The number of benzene rings is 1. The highest BCUT2D eigenvalue weighted by Crippen LogP contribution is 2.47. The van der Waals surface area contributed by atoms with Crippen molar-refractivity contribution in [3.8, 4) is 0 Å². The molecule has 3 aliphatic rings. The van der Waals surface area contributed by atoms with E-state index in [2.05, 4.69) is 17.1 Å². The van der Waals surface area contributed by atoms with Crippen LogP contribution < -0.4 is 10.2 Å². The third-order valence-corrected chi connectivity index (χ3v) is 7.15. The molecule has 0 spiro atoms. The van der Waals surface area contributed by atoms with Gasteiger partial charge in [-0.2, -0.15) is 0 Å². The zero-order valence-electron chi connectivity index (χ0n) is 14.3. The van der Waals surface area contributed by atoms with E-state index in [1.54, 1.807) is 22.7 Å². The van der Waals surface area contributed by atoms with Crippen LogP contribution in [0.25, 0.3) is 0 Å². The molecule has 5 nitrogen and oxygen atoms in total. The summed E-state index contributed by atoms with van der Waals surface area (Å²) in [6, 6.07) is 5.23. The van der Waals surface area contributed by atoms with E-state index in [4.69, 9.17) is 11.6 Å². The number of hydrogen-bond donors (Lipinski definition) is 1. The molecule has 3 aliphatic heterocycles. The molecule has 0 saturated carbocycles. The van der Waals surface area contributed by atoms with Crippen molar-refractivity contribution < 1.29 is 9.59 Å². The summed E-state index contributed by atoms with van der Waals surface area (Å²) in [5.74, 6) is 0.612. The Kier molecular flexibility index (Phi) is 4.36. The molecule has 1 aromatic carbocycles. The van der Waals surface area contributed by atoms with Crippen LogP contribution in [0.3, 0.4) is 0 Å². The summed E-state index contributed by atoms with van der Waals surface area (Å²) in [5.41, 5.74) is 1.75. The smallest absolute Gasteiger partial charge is 0.248 e. The highest BCUT2D eigenvalue weighted by molar-refractivity contribution is 8.01. The molecule has 0 aliphatic carbocycles. The SMILES string of the molecule is C[C@]12CCC(=O)N1[C@H](C(=O)Nc1cc(Cl)ccc1N1CCCC1)CS2. The quantitative estimate of drug-likeness (QED) is 0.875. The third-order valence-electron chi connectivity index (χ3n) is 5.41. The summed E-state index contributed by atoms with van der Waals surface area (Å²) in [6.45, 7) is 4.05. The van der Waals surface area contributed by atoms with Gasteiger partial charge in [-0.05, 0) is 44.4 Å². The normalized spacial score (nSPS) is 28.6. The molecule has 3 saturated heterocycles. The average molecular weight is 380 g/mol. The van der Waals surface area contributed by atoms with Crippen LogP contribution in [-0.4, -0.2) is 46.5 Å². The van der Waals surface area contributed by atoms with Crippen molar-refractivity contribution in [2.75, 3.05) is 29.1 Å². The Morgan fingerprint density at radius 1 is 1.36 bits per heavy atom. The molecule has 0 radical (unpaired) electrons. The minimum atomic E-state index is -0.407. The topological polar surface area (TPSA) is 52.7 Å². The lowest BCUT2D eigenvalue weighted by Gasteiger charge is -2.30. The van der Waals surface area contributed by atoms with Crippen molar-refractivity contribution in [2.24, 2.45) is 0 Å². The molecule has 2 atom stereocenters. The van der Waals surface area contributed by atoms with Crippen LogP contribution in [0, 0.1) is 0 Å². The Balaban J connectivity index is 1.57. The predicted octanol–water partition coefficient (Wildman–Crippen LogP) is 3.33. The molecule has 2 amide bonds. The van der Waals surface area contributed by atoms with E-state index >= 15 is 0 Å². The van der Waals surface area contributed by atoms with Gasteiger partial charge in [0, 0.05) is 30.3 Å². The van der Waals surface area contributed by atoms with Crippen molar-refractivity contribution in [3.05, 3.63) is 23.2 Å². The van der Waals surface area contributed by atoms with Gasteiger partial charge in [-0.25, -0.2) is 0 Å². The van der Waals surface area contributed by atoms with Crippen molar-refractivity contribution in [1.29, 1.82) is 0 Å². The first-order valence-electron chi connectivity index (χ1n) is 8.79.